The molecule has 3 heterocycles. The van der Waals surface area contributed by atoms with Crippen molar-refractivity contribution < 1.29 is 62.2 Å². The van der Waals surface area contributed by atoms with Crippen LogP contribution in [0.2, 0.25) is 0 Å². The molecule has 0 amide bonds. The average molecular weight is 563 g/mol. The molecule has 0 spiro atoms. The molecule has 1 aromatic heterocycles. The van der Waals surface area contributed by atoms with Crippen LogP contribution in [0.4, 0.5) is 0 Å². The van der Waals surface area contributed by atoms with Crippen LogP contribution in [0.3, 0.4) is 0 Å². The van der Waals surface area contributed by atoms with E-state index in [9.17, 15) is 48.9 Å². The van der Waals surface area contributed by atoms with Crippen LogP contribution >= 0.6 is 15.6 Å². The predicted molar refractivity (Wildman–Crippen MR) is 114 cm³/mol. The van der Waals surface area contributed by atoms with E-state index in [0.29, 0.717) is 0 Å². The van der Waals surface area contributed by atoms with E-state index in [-0.39, 0.29) is 6.54 Å². The highest BCUT2D eigenvalue weighted by Gasteiger charge is 2.48. The van der Waals surface area contributed by atoms with Crippen molar-refractivity contribution in [2.45, 2.75) is 56.1 Å². The molecule has 0 bridgehead atoms. The van der Waals surface area contributed by atoms with Crippen molar-refractivity contribution in [3.05, 3.63) is 33.1 Å². The van der Waals surface area contributed by atoms with Gasteiger partial charge >= 0.3 is 21.3 Å². The van der Waals surface area contributed by atoms with Crippen LogP contribution in [0.1, 0.15) is 13.2 Å². The van der Waals surface area contributed by atoms with Crippen molar-refractivity contribution >= 4 is 15.6 Å². The van der Waals surface area contributed by atoms with Crippen molar-refractivity contribution in [3.63, 3.8) is 0 Å². The molecular weight excluding hydrogens is 536 g/mol. The molecule has 2 fully saturated rings. The number of aromatic nitrogens is 2. The van der Waals surface area contributed by atoms with Crippen LogP contribution in [-0.2, 0) is 32.0 Å². The van der Waals surface area contributed by atoms with Gasteiger partial charge < -0.3 is 45.4 Å². The Hall–Kier alpha value is -1.34. The molecule has 11 atom stereocenters. The van der Waals surface area contributed by atoms with Gasteiger partial charge in [-0.15, -0.1) is 0 Å². The van der Waals surface area contributed by atoms with Crippen LogP contribution in [0.25, 0.3) is 0 Å². The third-order valence-corrected chi connectivity index (χ3v) is 8.15. The van der Waals surface area contributed by atoms with Gasteiger partial charge in [0.2, 0.25) is 0 Å². The number of H-pyrrole nitrogens is 1. The Morgan fingerprint density at radius 3 is 2.28 bits per heavy atom. The van der Waals surface area contributed by atoms with Gasteiger partial charge in [0.15, 0.2) is 12.5 Å². The molecule has 0 saturated carbocycles. The summed E-state index contributed by atoms with van der Waals surface area (Å²) >= 11 is 0. The number of nitrogens with one attached hydrogen (secondary N) is 1. The fraction of sp³-hybridized carbons (Fsp3) is 0.750. The molecule has 9 unspecified atom stereocenters. The molecule has 2 aliphatic rings. The molecule has 36 heavy (non-hydrogen) atoms. The number of hydrogen-bond donors (Lipinski definition) is 8. The first-order valence-corrected chi connectivity index (χ1v) is 13.4. The van der Waals surface area contributed by atoms with E-state index in [4.69, 9.17) is 19.7 Å². The predicted octanol–water partition coefficient (Wildman–Crippen LogP) is -3.55. The summed E-state index contributed by atoms with van der Waals surface area (Å²) in [4.78, 5) is 44.8. The van der Waals surface area contributed by atoms with Crippen LogP contribution in [-0.4, -0.2) is 95.8 Å². The van der Waals surface area contributed by atoms with Gasteiger partial charge in [-0.25, -0.2) is 13.9 Å². The highest BCUT2D eigenvalue weighted by Crippen LogP contribution is 2.61. The molecule has 9 N–H and O–H groups in total. The van der Waals surface area contributed by atoms with E-state index >= 15 is 0 Å². The minimum absolute atomic E-state index is 0.287. The zero-order valence-electron chi connectivity index (χ0n) is 18.5. The largest absolute Gasteiger partial charge is 0.483 e. The molecule has 2 saturated heterocycles. The first-order valence-electron chi connectivity index (χ1n) is 10.4. The van der Waals surface area contributed by atoms with Crippen LogP contribution in [0.15, 0.2) is 21.9 Å². The number of phosphoric acid groups is 2. The maximum Gasteiger partial charge on any atom is 0.483 e. The number of nitrogens with two attached hydrogens (primary N) is 1. The Balaban J connectivity index is 1.61. The summed E-state index contributed by atoms with van der Waals surface area (Å²) in [5, 5.41) is 40.2. The van der Waals surface area contributed by atoms with E-state index in [1.54, 1.807) is 0 Å². The highest BCUT2D eigenvalue weighted by atomic mass is 31.3. The summed E-state index contributed by atoms with van der Waals surface area (Å²) in [6.07, 6.45) is -11.2. The Morgan fingerprint density at radius 2 is 1.67 bits per heavy atom. The zero-order chi connectivity index (χ0) is 27.0. The number of rotatable bonds is 9. The smallest absolute Gasteiger partial charge is 0.390 e. The van der Waals surface area contributed by atoms with Crippen LogP contribution in [0.5, 0.6) is 0 Å². The quantitative estimate of drug-likeness (QED) is 0.135. The molecule has 206 valence electrons. The summed E-state index contributed by atoms with van der Waals surface area (Å²) in [7, 11) is -10.8. The standard InChI is InChI=1S/C16H27N3O15P2/c1-6-10(21)11(22)7(4-17)32-15(6)33-36(28,29)34-35(26,27)30-5-8-12(23)13(24)14(31-8)19-3-2-9(20)18-16(19)25/h2-3,6-8,10-15,21-24H,4-5,17H2,1H3,(H,26,27)(H,28,29)(H,18,20,25)/t6?,7?,8?,10?,11-,12?,13?,14?,15+/m0/s1. The van der Waals surface area contributed by atoms with E-state index in [1.807, 2.05) is 4.98 Å². The third-order valence-electron chi connectivity index (χ3n) is 5.55. The summed E-state index contributed by atoms with van der Waals surface area (Å²) in [6, 6.07) is 0.953. The molecule has 3 rings (SSSR count). The molecule has 1 aromatic rings. The minimum Gasteiger partial charge on any atom is -0.390 e. The summed E-state index contributed by atoms with van der Waals surface area (Å²) in [5.41, 5.74) is 3.71. The van der Waals surface area contributed by atoms with Crippen molar-refractivity contribution in [3.8, 4) is 0 Å². The highest BCUT2D eigenvalue weighted by molar-refractivity contribution is 7.61. The maximum absolute atomic E-state index is 12.3. The van der Waals surface area contributed by atoms with Gasteiger partial charge in [-0.05, 0) is 0 Å². The molecular formula is C16H27N3O15P2. The van der Waals surface area contributed by atoms with E-state index < -0.39 is 88.6 Å². The van der Waals surface area contributed by atoms with Gasteiger partial charge in [-0.2, -0.15) is 4.31 Å². The lowest BCUT2D eigenvalue weighted by atomic mass is 9.92. The second-order valence-electron chi connectivity index (χ2n) is 8.10. The zero-order valence-corrected chi connectivity index (χ0v) is 20.3. The number of hydrogen-bond acceptors (Lipinski definition) is 14. The van der Waals surface area contributed by atoms with Crippen molar-refractivity contribution in [2.75, 3.05) is 13.2 Å². The summed E-state index contributed by atoms with van der Waals surface area (Å²) in [5.74, 6) is -1.08. The number of ether oxygens (including phenoxy) is 2. The van der Waals surface area contributed by atoms with Gasteiger partial charge in [0.1, 0.15) is 30.5 Å². The van der Waals surface area contributed by atoms with Crippen molar-refractivity contribution in [1.29, 1.82) is 0 Å². The summed E-state index contributed by atoms with van der Waals surface area (Å²) < 4.78 is 49.3. The molecule has 20 heteroatoms. The van der Waals surface area contributed by atoms with Crippen LogP contribution < -0.4 is 17.0 Å². The molecule has 0 aromatic carbocycles. The number of phosphoric ester groups is 2. The monoisotopic (exact) mass is 563 g/mol. The average Bonchev–Trinajstić information content (AvgIpc) is 3.06. The maximum atomic E-state index is 12.3. The number of aliphatic hydroxyl groups is 4. The van der Waals surface area contributed by atoms with Crippen LogP contribution in [0, 0.1) is 5.92 Å². The number of nitrogens with zero attached hydrogens (tertiary/aromatic N) is 1. The first-order chi connectivity index (χ1) is 16.7. The van der Waals surface area contributed by atoms with E-state index in [0.717, 1.165) is 16.8 Å². The second kappa shape index (κ2) is 11.2. The van der Waals surface area contributed by atoms with Gasteiger partial charge in [0.25, 0.3) is 5.56 Å². The van der Waals surface area contributed by atoms with E-state index in [2.05, 4.69) is 8.83 Å². The second-order valence-corrected chi connectivity index (χ2v) is 11.1. The molecule has 0 radical (unpaired) electrons. The molecule has 0 aliphatic carbocycles. The Kier molecular flexibility index (Phi) is 9.08. The summed E-state index contributed by atoms with van der Waals surface area (Å²) in [6.45, 7) is 0.0520. The Bertz CT molecular complexity index is 1130. The normalized spacial score (nSPS) is 38.4. The lowest BCUT2D eigenvalue weighted by Gasteiger charge is -2.40. The number of aliphatic hydroxyl groups excluding tert-OH is 4. The Morgan fingerprint density at radius 1 is 1.03 bits per heavy atom. The minimum atomic E-state index is -5.39. The fourth-order valence-electron chi connectivity index (χ4n) is 3.58. The van der Waals surface area contributed by atoms with E-state index in [1.165, 1.54) is 6.92 Å². The Labute approximate surface area is 202 Å². The topological polar surface area (TPSA) is 283 Å². The first kappa shape index (κ1) is 29.2. The van der Waals surface area contributed by atoms with Gasteiger partial charge in [-0.1, -0.05) is 6.92 Å². The molecule has 18 nitrogen and oxygen atoms in total. The third kappa shape index (κ3) is 6.56. The fourth-order valence-corrected chi connectivity index (χ4v) is 5.81. The molecule has 2 aliphatic heterocycles. The van der Waals surface area contributed by atoms with Gasteiger partial charge in [0.05, 0.1) is 12.7 Å². The van der Waals surface area contributed by atoms with Crippen molar-refractivity contribution in [1.82, 2.24) is 9.55 Å². The number of aromatic amines is 1. The lowest BCUT2D eigenvalue weighted by molar-refractivity contribution is -0.250. The van der Waals surface area contributed by atoms with Gasteiger partial charge in [-0.3, -0.25) is 23.4 Å². The van der Waals surface area contributed by atoms with Crippen molar-refractivity contribution in [2.24, 2.45) is 11.7 Å². The van der Waals surface area contributed by atoms with Gasteiger partial charge in [0, 0.05) is 24.7 Å². The lowest BCUT2D eigenvalue weighted by Crippen LogP contribution is -2.56. The SMILES string of the molecule is CC1C(O)[C@@H](O)C(CN)O[C@@H]1OP(=O)(O)OP(=O)(O)OCC1OC(n2ccc(=O)[nH]c2=O)C(O)C1O.